The van der Waals surface area contributed by atoms with Crippen molar-refractivity contribution < 1.29 is 19.2 Å². The lowest BCUT2D eigenvalue weighted by molar-refractivity contribution is -0.136. The lowest BCUT2D eigenvalue weighted by Crippen LogP contribution is -2.52. The molecular formula is C27H24N6O4. The van der Waals surface area contributed by atoms with E-state index in [1.54, 1.807) is 35.1 Å². The number of fused-ring (bicyclic) bond motifs is 2. The van der Waals surface area contributed by atoms with Gasteiger partial charge in [0, 0.05) is 49.3 Å². The monoisotopic (exact) mass is 496 g/mol. The Hall–Kier alpha value is -4.52. The van der Waals surface area contributed by atoms with Gasteiger partial charge in [0.05, 0.1) is 6.20 Å². The summed E-state index contributed by atoms with van der Waals surface area (Å²) < 4.78 is 1.56. The minimum atomic E-state index is -0.650. The van der Waals surface area contributed by atoms with Crippen LogP contribution < -0.4 is 5.32 Å². The minimum Gasteiger partial charge on any atom is -0.337 e. The number of carbonyl (C=O) groups excluding carboxylic acids is 4. The van der Waals surface area contributed by atoms with Gasteiger partial charge in [0.1, 0.15) is 6.04 Å². The maximum Gasteiger partial charge on any atom is 0.274 e. The predicted octanol–water partition coefficient (Wildman–Crippen LogP) is 1.39. The molecule has 3 aromatic rings. The molecule has 186 valence electrons. The largest absolute Gasteiger partial charge is 0.337 e. The first-order chi connectivity index (χ1) is 18.0. The van der Waals surface area contributed by atoms with Crippen molar-refractivity contribution in [1.82, 2.24) is 29.7 Å². The minimum absolute atomic E-state index is 0.0921. The van der Waals surface area contributed by atoms with E-state index in [2.05, 4.69) is 27.2 Å². The van der Waals surface area contributed by atoms with Gasteiger partial charge in [-0.15, -0.1) is 0 Å². The molecule has 1 aromatic carbocycles. The lowest BCUT2D eigenvalue weighted by Gasteiger charge is -2.29. The normalized spacial score (nSPS) is 20.0. The van der Waals surface area contributed by atoms with Crippen LogP contribution in [-0.2, 0) is 16.1 Å². The number of nitrogens with one attached hydrogen (secondary N) is 1. The van der Waals surface area contributed by atoms with Crippen LogP contribution in [0.3, 0.4) is 0 Å². The maximum absolute atomic E-state index is 13.0. The molecule has 3 aliphatic heterocycles. The first-order valence-electron chi connectivity index (χ1n) is 12.4. The van der Waals surface area contributed by atoms with Crippen LogP contribution >= 0.6 is 0 Å². The fourth-order valence-electron chi connectivity index (χ4n) is 5.25. The number of benzene rings is 1. The number of likely N-dealkylation sites (tertiary alicyclic amines) is 1. The zero-order valence-corrected chi connectivity index (χ0v) is 20.0. The number of imidazole rings is 1. The number of carbonyl (C=O) groups is 4. The summed E-state index contributed by atoms with van der Waals surface area (Å²) in [4.78, 5) is 57.5. The molecule has 2 aromatic heterocycles. The van der Waals surface area contributed by atoms with Gasteiger partial charge in [0.2, 0.25) is 11.8 Å². The van der Waals surface area contributed by atoms with Crippen LogP contribution in [0.2, 0.25) is 0 Å². The van der Waals surface area contributed by atoms with Crippen molar-refractivity contribution in [2.24, 2.45) is 5.92 Å². The lowest BCUT2D eigenvalue weighted by atomic mass is 9.96. The fraction of sp³-hybridized carbons (Fsp3) is 0.333. The summed E-state index contributed by atoms with van der Waals surface area (Å²) in [7, 11) is 0. The highest BCUT2D eigenvalue weighted by Crippen LogP contribution is 2.30. The van der Waals surface area contributed by atoms with Crippen LogP contribution in [0.1, 0.15) is 57.7 Å². The Balaban J connectivity index is 1.13. The van der Waals surface area contributed by atoms with E-state index in [0.29, 0.717) is 43.0 Å². The molecule has 3 aliphatic rings. The van der Waals surface area contributed by atoms with Gasteiger partial charge in [-0.1, -0.05) is 17.9 Å². The number of rotatable bonds is 2. The van der Waals surface area contributed by atoms with Crippen LogP contribution in [0, 0.1) is 17.8 Å². The number of hydrogen-bond donors (Lipinski definition) is 1. The number of amides is 4. The molecule has 0 bridgehead atoms. The van der Waals surface area contributed by atoms with Crippen molar-refractivity contribution >= 4 is 29.3 Å². The van der Waals surface area contributed by atoms with E-state index in [1.165, 1.54) is 4.90 Å². The second-order valence-corrected chi connectivity index (χ2v) is 9.50. The molecule has 2 saturated heterocycles. The van der Waals surface area contributed by atoms with Crippen molar-refractivity contribution in [2.75, 3.05) is 13.1 Å². The average molecular weight is 497 g/mol. The molecule has 0 saturated carbocycles. The second-order valence-electron chi connectivity index (χ2n) is 9.50. The SMILES string of the molecule is O=C1CCC(N2Cc3c(C#CC4CCN(C(=O)c5cnc6cccnn56)CC4)cccc3C2=O)C(=O)N1. The Morgan fingerprint density at radius 1 is 1.05 bits per heavy atom. The van der Waals surface area contributed by atoms with E-state index >= 15 is 0 Å². The Morgan fingerprint density at radius 2 is 1.89 bits per heavy atom. The number of piperidine rings is 2. The molecule has 1 unspecified atom stereocenters. The van der Waals surface area contributed by atoms with E-state index in [0.717, 1.165) is 24.0 Å². The van der Waals surface area contributed by atoms with Gasteiger partial charge in [0.25, 0.3) is 11.8 Å². The van der Waals surface area contributed by atoms with Crippen LogP contribution in [0.5, 0.6) is 0 Å². The topological polar surface area (TPSA) is 117 Å². The van der Waals surface area contributed by atoms with Crippen LogP contribution in [0.4, 0.5) is 0 Å². The summed E-state index contributed by atoms with van der Waals surface area (Å²) in [5.41, 5.74) is 3.23. The van der Waals surface area contributed by atoms with Crippen LogP contribution in [0.15, 0.2) is 42.7 Å². The van der Waals surface area contributed by atoms with E-state index in [-0.39, 0.29) is 30.1 Å². The molecule has 6 rings (SSSR count). The number of nitrogens with zero attached hydrogens (tertiary/aromatic N) is 5. The molecular weight excluding hydrogens is 472 g/mol. The number of hydrogen-bond acceptors (Lipinski definition) is 6. The summed E-state index contributed by atoms with van der Waals surface area (Å²) >= 11 is 0. The fourth-order valence-corrected chi connectivity index (χ4v) is 5.25. The Bertz CT molecular complexity index is 1510. The van der Waals surface area contributed by atoms with E-state index in [9.17, 15) is 19.2 Å². The zero-order chi connectivity index (χ0) is 25.5. The van der Waals surface area contributed by atoms with Crippen molar-refractivity contribution in [3.63, 3.8) is 0 Å². The summed E-state index contributed by atoms with van der Waals surface area (Å²) in [6.07, 6.45) is 5.24. The highest BCUT2D eigenvalue weighted by atomic mass is 16.2. The molecule has 37 heavy (non-hydrogen) atoms. The van der Waals surface area contributed by atoms with Crippen molar-refractivity contribution in [3.8, 4) is 11.8 Å². The quantitative estimate of drug-likeness (QED) is 0.423. The molecule has 4 amide bonds. The molecule has 0 spiro atoms. The number of imide groups is 1. The molecule has 10 nitrogen and oxygen atoms in total. The Morgan fingerprint density at radius 3 is 2.70 bits per heavy atom. The smallest absolute Gasteiger partial charge is 0.274 e. The summed E-state index contributed by atoms with van der Waals surface area (Å²) in [6, 6.07) is 8.40. The molecule has 0 aliphatic carbocycles. The number of aromatic nitrogens is 3. The first-order valence-corrected chi connectivity index (χ1v) is 12.4. The Kier molecular flexibility index (Phi) is 5.68. The van der Waals surface area contributed by atoms with Gasteiger partial charge in [0.15, 0.2) is 11.3 Å². The standard InChI is InChI=1S/C27H24N6O4/c34-24-9-8-21(25(35)30-24)32-16-20-18(3-1-4-19(20)26(32)36)7-6-17-10-13-31(14-11-17)27(37)22-15-28-23-5-2-12-29-33(22)23/h1-5,12,15,17,21H,8-11,13-14,16H2,(H,30,34,35). The summed E-state index contributed by atoms with van der Waals surface area (Å²) in [6.45, 7) is 1.48. The van der Waals surface area contributed by atoms with Crippen molar-refractivity contribution in [2.45, 2.75) is 38.3 Å². The van der Waals surface area contributed by atoms with Gasteiger partial charge >= 0.3 is 0 Å². The summed E-state index contributed by atoms with van der Waals surface area (Å²) in [5, 5.41) is 6.56. The highest BCUT2D eigenvalue weighted by molar-refractivity contribution is 6.05. The van der Waals surface area contributed by atoms with Gasteiger partial charge < -0.3 is 9.80 Å². The average Bonchev–Trinajstić information content (AvgIpc) is 3.49. The van der Waals surface area contributed by atoms with Crippen LogP contribution in [0.25, 0.3) is 5.65 Å². The van der Waals surface area contributed by atoms with Gasteiger partial charge in [-0.3, -0.25) is 24.5 Å². The maximum atomic E-state index is 13.0. The molecule has 0 radical (unpaired) electrons. The second kappa shape index (κ2) is 9.17. The van der Waals surface area contributed by atoms with Gasteiger partial charge in [-0.2, -0.15) is 5.10 Å². The van der Waals surface area contributed by atoms with E-state index in [1.807, 2.05) is 17.0 Å². The predicted molar refractivity (Wildman–Crippen MR) is 131 cm³/mol. The third-order valence-electron chi connectivity index (χ3n) is 7.27. The van der Waals surface area contributed by atoms with Crippen LogP contribution in [-0.4, -0.2) is 67.2 Å². The van der Waals surface area contributed by atoms with E-state index in [4.69, 9.17) is 0 Å². The molecule has 5 heterocycles. The van der Waals surface area contributed by atoms with Crippen molar-refractivity contribution in [3.05, 3.63) is 65.1 Å². The third-order valence-corrected chi connectivity index (χ3v) is 7.27. The van der Waals surface area contributed by atoms with Crippen molar-refractivity contribution in [1.29, 1.82) is 0 Å². The van der Waals surface area contributed by atoms with Gasteiger partial charge in [-0.25, -0.2) is 9.50 Å². The van der Waals surface area contributed by atoms with Gasteiger partial charge in [-0.05, 0) is 49.1 Å². The highest BCUT2D eigenvalue weighted by Gasteiger charge is 2.39. The molecule has 10 heteroatoms. The first kappa shape index (κ1) is 22.9. The Labute approximate surface area is 212 Å². The molecule has 2 fully saturated rings. The third kappa shape index (κ3) is 4.12. The molecule has 1 N–H and O–H groups in total. The summed E-state index contributed by atoms with van der Waals surface area (Å²) in [5.74, 6) is 5.70. The zero-order valence-electron chi connectivity index (χ0n) is 20.0. The van der Waals surface area contributed by atoms with E-state index < -0.39 is 11.9 Å². The molecule has 1 atom stereocenters.